The summed E-state index contributed by atoms with van der Waals surface area (Å²) in [5.41, 5.74) is 0.794. The van der Waals surface area contributed by atoms with Gasteiger partial charge in [-0.2, -0.15) is 0 Å². The molecule has 1 aliphatic heterocycles. The number of carbonyl (C=O) groups is 2. The molecule has 1 amide bonds. The summed E-state index contributed by atoms with van der Waals surface area (Å²) in [4.78, 5) is 24.9. The molecule has 1 aromatic carbocycles. The third kappa shape index (κ3) is 4.56. The van der Waals surface area contributed by atoms with Gasteiger partial charge in [0.25, 0.3) is 5.91 Å². The molecule has 21 heavy (non-hydrogen) atoms. The standard InChI is InChI=1S/C16H21NO4/c18-15(19)10-6-11-17(13-7-2-1-3-8-13)16(20)14-9-4-5-12-21-14/h1-3,7-8,14H,4-6,9-12H2,(H,18,19). The Morgan fingerprint density at radius 2 is 2.00 bits per heavy atom. The number of amides is 1. The van der Waals surface area contributed by atoms with E-state index < -0.39 is 12.1 Å². The first kappa shape index (κ1) is 15.5. The molecule has 0 saturated carbocycles. The van der Waals surface area contributed by atoms with Crippen molar-refractivity contribution in [2.75, 3.05) is 18.1 Å². The lowest BCUT2D eigenvalue weighted by Gasteiger charge is -2.29. The van der Waals surface area contributed by atoms with Crippen LogP contribution in [0, 0.1) is 0 Å². The number of carboxylic acid groups (broad SMARTS) is 1. The topological polar surface area (TPSA) is 66.8 Å². The molecule has 5 heteroatoms. The minimum absolute atomic E-state index is 0.0577. The van der Waals surface area contributed by atoms with Crippen molar-refractivity contribution in [3.63, 3.8) is 0 Å². The fourth-order valence-corrected chi connectivity index (χ4v) is 2.47. The van der Waals surface area contributed by atoms with Gasteiger partial charge in [-0.15, -0.1) is 0 Å². The first-order valence-electron chi connectivity index (χ1n) is 7.38. The van der Waals surface area contributed by atoms with E-state index in [0.29, 0.717) is 19.6 Å². The fourth-order valence-electron chi connectivity index (χ4n) is 2.47. The van der Waals surface area contributed by atoms with Gasteiger partial charge in [0.15, 0.2) is 0 Å². The van der Waals surface area contributed by atoms with Crippen LogP contribution in [-0.2, 0) is 14.3 Å². The highest BCUT2D eigenvalue weighted by molar-refractivity contribution is 5.96. The van der Waals surface area contributed by atoms with Crippen LogP contribution < -0.4 is 4.90 Å². The minimum atomic E-state index is -0.843. The van der Waals surface area contributed by atoms with E-state index in [4.69, 9.17) is 9.84 Å². The normalized spacial score (nSPS) is 18.2. The SMILES string of the molecule is O=C(O)CCCN(C(=O)C1CCCCO1)c1ccccc1. The number of anilines is 1. The van der Waals surface area contributed by atoms with Gasteiger partial charge in [-0.05, 0) is 37.8 Å². The maximum atomic E-state index is 12.6. The summed E-state index contributed by atoms with van der Waals surface area (Å²) in [7, 11) is 0. The van der Waals surface area contributed by atoms with Crippen molar-refractivity contribution in [1.82, 2.24) is 0 Å². The van der Waals surface area contributed by atoms with E-state index in [9.17, 15) is 9.59 Å². The second-order valence-electron chi connectivity index (χ2n) is 5.18. The molecule has 1 heterocycles. The number of hydrogen-bond donors (Lipinski definition) is 1. The Kier molecular flexibility index (Phi) is 5.75. The van der Waals surface area contributed by atoms with E-state index in [0.717, 1.165) is 24.9 Å². The number of hydrogen-bond acceptors (Lipinski definition) is 3. The highest BCUT2D eigenvalue weighted by Gasteiger charge is 2.27. The summed E-state index contributed by atoms with van der Waals surface area (Å²) < 4.78 is 5.56. The lowest BCUT2D eigenvalue weighted by molar-refractivity contribution is -0.137. The maximum absolute atomic E-state index is 12.6. The maximum Gasteiger partial charge on any atom is 0.303 e. The third-order valence-corrected chi connectivity index (χ3v) is 3.56. The number of carbonyl (C=O) groups excluding carboxylic acids is 1. The van der Waals surface area contributed by atoms with Crippen LogP contribution in [0.3, 0.4) is 0 Å². The Bertz CT molecular complexity index is 468. The van der Waals surface area contributed by atoms with Crippen LogP contribution in [0.1, 0.15) is 32.1 Å². The predicted molar refractivity (Wildman–Crippen MR) is 79.3 cm³/mol. The number of aliphatic carboxylic acids is 1. The Morgan fingerprint density at radius 3 is 2.62 bits per heavy atom. The van der Waals surface area contributed by atoms with E-state index in [-0.39, 0.29) is 12.3 Å². The first-order chi connectivity index (χ1) is 10.2. The lowest BCUT2D eigenvalue weighted by Crippen LogP contribution is -2.42. The second kappa shape index (κ2) is 7.78. The molecule has 1 aromatic rings. The third-order valence-electron chi connectivity index (χ3n) is 3.56. The van der Waals surface area contributed by atoms with Crippen molar-refractivity contribution >= 4 is 17.6 Å². The van der Waals surface area contributed by atoms with Crippen LogP contribution in [0.15, 0.2) is 30.3 Å². The van der Waals surface area contributed by atoms with Gasteiger partial charge in [-0.3, -0.25) is 9.59 Å². The van der Waals surface area contributed by atoms with E-state index in [2.05, 4.69) is 0 Å². The lowest BCUT2D eigenvalue weighted by atomic mass is 10.1. The molecule has 0 bridgehead atoms. The Labute approximate surface area is 124 Å². The summed E-state index contributed by atoms with van der Waals surface area (Å²) >= 11 is 0. The van der Waals surface area contributed by atoms with Gasteiger partial charge in [0, 0.05) is 25.3 Å². The summed E-state index contributed by atoms with van der Waals surface area (Å²) in [6.45, 7) is 1.02. The van der Waals surface area contributed by atoms with Crippen molar-refractivity contribution in [3.05, 3.63) is 30.3 Å². The molecule has 1 atom stereocenters. The van der Waals surface area contributed by atoms with Gasteiger partial charge in [-0.1, -0.05) is 18.2 Å². The molecule has 5 nitrogen and oxygen atoms in total. The molecule has 0 spiro atoms. The zero-order valence-electron chi connectivity index (χ0n) is 12.0. The van der Waals surface area contributed by atoms with Crippen LogP contribution in [0.4, 0.5) is 5.69 Å². The van der Waals surface area contributed by atoms with E-state index in [1.165, 1.54) is 0 Å². The monoisotopic (exact) mass is 291 g/mol. The summed E-state index contributed by atoms with van der Waals surface area (Å²) in [6, 6.07) is 9.35. The van der Waals surface area contributed by atoms with Crippen molar-refractivity contribution in [1.29, 1.82) is 0 Å². The van der Waals surface area contributed by atoms with Gasteiger partial charge in [-0.25, -0.2) is 0 Å². The van der Waals surface area contributed by atoms with E-state index >= 15 is 0 Å². The van der Waals surface area contributed by atoms with Crippen molar-refractivity contribution < 1.29 is 19.4 Å². The summed E-state index contributed by atoms with van der Waals surface area (Å²) in [6.07, 6.45) is 2.82. The summed E-state index contributed by atoms with van der Waals surface area (Å²) in [5.74, 6) is -0.907. The number of rotatable bonds is 6. The summed E-state index contributed by atoms with van der Waals surface area (Å²) in [5, 5.41) is 8.76. The Morgan fingerprint density at radius 1 is 1.24 bits per heavy atom. The van der Waals surface area contributed by atoms with Gasteiger partial charge < -0.3 is 14.7 Å². The number of nitrogens with zero attached hydrogens (tertiary/aromatic N) is 1. The Balaban J connectivity index is 2.06. The Hall–Kier alpha value is -1.88. The van der Waals surface area contributed by atoms with Crippen LogP contribution in [0.2, 0.25) is 0 Å². The second-order valence-corrected chi connectivity index (χ2v) is 5.18. The minimum Gasteiger partial charge on any atom is -0.481 e. The molecule has 1 aliphatic rings. The fraction of sp³-hybridized carbons (Fsp3) is 0.500. The number of para-hydroxylation sites is 1. The molecule has 1 N–H and O–H groups in total. The van der Waals surface area contributed by atoms with Crippen molar-refractivity contribution in [2.45, 2.75) is 38.2 Å². The van der Waals surface area contributed by atoms with Gasteiger partial charge in [0.1, 0.15) is 6.10 Å². The van der Waals surface area contributed by atoms with Crippen molar-refractivity contribution in [2.24, 2.45) is 0 Å². The molecule has 0 radical (unpaired) electrons. The average Bonchev–Trinajstić information content (AvgIpc) is 2.52. The smallest absolute Gasteiger partial charge is 0.303 e. The van der Waals surface area contributed by atoms with E-state index in [1.54, 1.807) is 4.90 Å². The van der Waals surface area contributed by atoms with Crippen molar-refractivity contribution in [3.8, 4) is 0 Å². The zero-order chi connectivity index (χ0) is 15.1. The highest BCUT2D eigenvalue weighted by atomic mass is 16.5. The molecular formula is C16H21NO4. The molecule has 1 saturated heterocycles. The van der Waals surface area contributed by atoms with Crippen LogP contribution in [0.25, 0.3) is 0 Å². The predicted octanol–water partition coefficient (Wildman–Crippen LogP) is 2.45. The molecule has 2 rings (SSSR count). The highest BCUT2D eigenvalue weighted by Crippen LogP contribution is 2.20. The first-order valence-corrected chi connectivity index (χ1v) is 7.38. The number of carboxylic acids is 1. The van der Waals surface area contributed by atoms with Gasteiger partial charge in [0.2, 0.25) is 0 Å². The van der Waals surface area contributed by atoms with Gasteiger partial charge in [0.05, 0.1) is 0 Å². The zero-order valence-corrected chi connectivity index (χ0v) is 12.0. The molecule has 0 aliphatic carbocycles. The molecule has 0 aromatic heterocycles. The molecular weight excluding hydrogens is 270 g/mol. The van der Waals surface area contributed by atoms with Crippen LogP contribution in [0.5, 0.6) is 0 Å². The molecule has 1 fully saturated rings. The molecule has 114 valence electrons. The number of benzene rings is 1. The van der Waals surface area contributed by atoms with Gasteiger partial charge >= 0.3 is 5.97 Å². The number of ether oxygens (including phenoxy) is 1. The van der Waals surface area contributed by atoms with E-state index in [1.807, 2.05) is 30.3 Å². The molecule has 1 unspecified atom stereocenters. The van der Waals surface area contributed by atoms with Crippen LogP contribution in [-0.4, -0.2) is 36.2 Å². The van der Waals surface area contributed by atoms with Crippen LogP contribution >= 0.6 is 0 Å². The largest absolute Gasteiger partial charge is 0.481 e. The quantitative estimate of drug-likeness (QED) is 0.874. The average molecular weight is 291 g/mol.